The van der Waals surface area contributed by atoms with Gasteiger partial charge in [0, 0.05) is 18.4 Å². The van der Waals surface area contributed by atoms with E-state index in [0.29, 0.717) is 29.9 Å². The van der Waals surface area contributed by atoms with Crippen LogP contribution in [-0.4, -0.2) is 64.8 Å². The minimum atomic E-state index is -1.13. The zero-order chi connectivity index (χ0) is 18.4. The Morgan fingerprint density at radius 3 is 2.56 bits per heavy atom. The molecule has 25 heavy (non-hydrogen) atoms. The highest BCUT2D eigenvalue weighted by molar-refractivity contribution is 5.98. The molecule has 0 aliphatic carbocycles. The Bertz CT molecular complexity index is 674. The first-order chi connectivity index (χ1) is 11.8. The number of ether oxygens (including phenoxy) is 3. The third kappa shape index (κ3) is 3.25. The molecule has 0 spiro atoms. The number of hydrogen-bond acceptors (Lipinski definition) is 7. The molecule has 1 fully saturated rings. The van der Waals surface area contributed by atoms with Crippen molar-refractivity contribution in [2.75, 3.05) is 13.7 Å². The lowest BCUT2D eigenvalue weighted by Gasteiger charge is -2.28. The van der Waals surface area contributed by atoms with Crippen LogP contribution in [0.5, 0.6) is 11.5 Å². The fourth-order valence-electron chi connectivity index (χ4n) is 3.66. The third-order valence-electron chi connectivity index (χ3n) is 4.94. The van der Waals surface area contributed by atoms with E-state index in [1.54, 1.807) is 13.2 Å². The van der Waals surface area contributed by atoms with E-state index in [4.69, 9.17) is 14.2 Å². The second kappa shape index (κ2) is 6.57. The summed E-state index contributed by atoms with van der Waals surface area (Å²) in [6.45, 7) is 2.98. The van der Waals surface area contributed by atoms with E-state index < -0.39 is 30.0 Å². The predicted octanol–water partition coefficient (Wildman–Crippen LogP) is 0.463. The van der Waals surface area contributed by atoms with Crippen molar-refractivity contribution in [1.29, 1.82) is 0 Å². The van der Waals surface area contributed by atoms with Gasteiger partial charge in [0.1, 0.15) is 35.4 Å². The zero-order valence-corrected chi connectivity index (χ0v) is 14.6. The van der Waals surface area contributed by atoms with Gasteiger partial charge in [-0.2, -0.15) is 0 Å². The Morgan fingerprint density at radius 2 is 2.00 bits per heavy atom. The summed E-state index contributed by atoms with van der Waals surface area (Å²) in [4.78, 5) is 11.9. The molecule has 0 bridgehead atoms. The first-order valence-corrected chi connectivity index (χ1v) is 8.31. The maximum absolute atomic E-state index is 11.9. The van der Waals surface area contributed by atoms with Crippen LogP contribution in [0.2, 0.25) is 0 Å². The van der Waals surface area contributed by atoms with Crippen molar-refractivity contribution in [3.63, 3.8) is 0 Å². The fourth-order valence-corrected chi connectivity index (χ4v) is 3.66. The molecule has 0 saturated carbocycles. The normalized spacial score (nSPS) is 33.8. The Balaban J connectivity index is 1.83. The standard InChI is InChI=1S/C18H24O7/c1-9(20)12-5-11(23-3)4-10-6-18(2,25-17(10)12)7-13-15(21)16(22)14(8-19)24-13/h4-5,13-16,19,21-22H,6-8H2,1-3H3/t13-,14+,15-,16+,18?/m0/s1. The fraction of sp³-hybridized carbons (Fsp3) is 0.611. The van der Waals surface area contributed by atoms with Gasteiger partial charge in [-0.3, -0.25) is 4.79 Å². The Labute approximate surface area is 146 Å². The highest BCUT2D eigenvalue weighted by Crippen LogP contribution is 2.43. The Morgan fingerprint density at radius 1 is 1.32 bits per heavy atom. The van der Waals surface area contributed by atoms with Gasteiger partial charge >= 0.3 is 0 Å². The summed E-state index contributed by atoms with van der Waals surface area (Å²) in [6.07, 6.45) is -2.85. The number of benzene rings is 1. The average molecular weight is 352 g/mol. The van der Waals surface area contributed by atoms with Gasteiger partial charge in [0.2, 0.25) is 0 Å². The molecule has 1 unspecified atom stereocenters. The number of Topliss-reactive ketones (excluding diaryl/α,β-unsaturated/α-hetero) is 1. The Kier molecular flexibility index (Phi) is 4.76. The van der Waals surface area contributed by atoms with Gasteiger partial charge in [-0.15, -0.1) is 0 Å². The number of hydrogen-bond donors (Lipinski definition) is 3. The van der Waals surface area contributed by atoms with Crippen LogP contribution in [0.4, 0.5) is 0 Å². The molecule has 3 rings (SSSR count). The van der Waals surface area contributed by atoms with Crippen molar-refractivity contribution < 1.29 is 34.3 Å². The molecule has 2 heterocycles. The molecule has 0 radical (unpaired) electrons. The van der Waals surface area contributed by atoms with E-state index in [-0.39, 0.29) is 12.4 Å². The van der Waals surface area contributed by atoms with E-state index in [0.717, 1.165) is 5.56 Å². The van der Waals surface area contributed by atoms with Crippen LogP contribution < -0.4 is 9.47 Å². The molecule has 1 aromatic rings. The van der Waals surface area contributed by atoms with Crippen molar-refractivity contribution >= 4 is 5.78 Å². The molecule has 1 aromatic carbocycles. The molecular formula is C18H24O7. The highest BCUT2D eigenvalue weighted by atomic mass is 16.6. The number of rotatable bonds is 5. The van der Waals surface area contributed by atoms with Crippen molar-refractivity contribution in [2.45, 2.75) is 56.7 Å². The smallest absolute Gasteiger partial charge is 0.163 e. The van der Waals surface area contributed by atoms with E-state index in [9.17, 15) is 20.1 Å². The van der Waals surface area contributed by atoms with E-state index in [1.807, 2.05) is 13.0 Å². The SMILES string of the molecule is COc1cc2c(c(C(C)=O)c1)OC(C)(C[C@@H]1O[C@H](CO)[C@@H](O)[C@H]1O)C2. The lowest BCUT2D eigenvalue weighted by Crippen LogP contribution is -2.40. The average Bonchev–Trinajstić information content (AvgIpc) is 3.04. The Hall–Kier alpha value is -1.67. The molecule has 0 amide bonds. The summed E-state index contributed by atoms with van der Waals surface area (Å²) in [6, 6.07) is 3.49. The number of ketones is 1. The van der Waals surface area contributed by atoms with E-state index in [1.165, 1.54) is 6.92 Å². The molecule has 2 aliphatic heterocycles. The number of carbonyl (C=O) groups is 1. The second-order valence-corrected chi connectivity index (χ2v) is 7.03. The quantitative estimate of drug-likeness (QED) is 0.661. The lowest BCUT2D eigenvalue weighted by molar-refractivity contribution is -0.0487. The largest absolute Gasteiger partial charge is 0.497 e. The van der Waals surface area contributed by atoms with Gasteiger partial charge in [-0.05, 0) is 26.0 Å². The number of carbonyl (C=O) groups excluding carboxylic acids is 1. The van der Waals surface area contributed by atoms with Gasteiger partial charge in [0.25, 0.3) is 0 Å². The van der Waals surface area contributed by atoms with Crippen LogP contribution in [0.1, 0.15) is 36.2 Å². The summed E-state index contributed by atoms with van der Waals surface area (Å²) in [5.41, 5.74) is 0.618. The summed E-state index contributed by atoms with van der Waals surface area (Å²) in [5.74, 6) is 1.000. The highest BCUT2D eigenvalue weighted by Gasteiger charge is 2.47. The molecule has 7 heteroatoms. The van der Waals surface area contributed by atoms with Crippen molar-refractivity contribution in [3.8, 4) is 11.5 Å². The first kappa shape index (κ1) is 18.1. The molecule has 3 N–H and O–H groups in total. The number of aliphatic hydroxyl groups is 3. The summed E-state index contributed by atoms with van der Waals surface area (Å²) >= 11 is 0. The van der Waals surface area contributed by atoms with Gasteiger partial charge < -0.3 is 29.5 Å². The molecule has 7 nitrogen and oxygen atoms in total. The number of methoxy groups -OCH3 is 1. The van der Waals surface area contributed by atoms with Crippen LogP contribution in [-0.2, 0) is 11.2 Å². The van der Waals surface area contributed by atoms with Gasteiger partial charge in [-0.25, -0.2) is 0 Å². The molecular weight excluding hydrogens is 328 g/mol. The summed E-state index contributed by atoms with van der Waals surface area (Å²) in [5, 5.41) is 29.3. The maximum Gasteiger partial charge on any atom is 0.163 e. The molecule has 0 aromatic heterocycles. The topological polar surface area (TPSA) is 105 Å². The van der Waals surface area contributed by atoms with Crippen molar-refractivity contribution in [3.05, 3.63) is 23.3 Å². The zero-order valence-electron chi connectivity index (χ0n) is 14.6. The maximum atomic E-state index is 11.9. The minimum Gasteiger partial charge on any atom is -0.497 e. The lowest BCUT2D eigenvalue weighted by atomic mass is 9.90. The molecule has 138 valence electrons. The summed E-state index contributed by atoms with van der Waals surface area (Å²) < 4.78 is 16.9. The van der Waals surface area contributed by atoms with E-state index in [2.05, 4.69) is 0 Å². The third-order valence-corrected chi connectivity index (χ3v) is 4.94. The molecule has 1 saturated heterocycles. The number of fused-ring (bicyclic) bond motifs is 1. The van der Waals surface area contributed by atoms with Crippen LogP contribution >= 0.6 is 0 Å². The first-order valence-electron chi connectivity index (χ1n) is 8.31. The van der Waals surface area contributed by atoms with Crippen LogP contribution in [0.3, 0.4) is 0 Å². The number of aliphatic hydroxyl groups excluding tert-OH is 3. The minimum absolute atomic E-state index is 0.118. The molecule has 2 aliphatic rings. The van der Waals surface area contributed by atoms with Crippen LogP contribution in [0.25, 0.3) is 0 Å². The van der Waals surface area contributed by atoms with Crippen LogP contribution in [0, 0.1) is 0 Å². The monoisotopic (exact) mass is 352 g/mol. The van der Waals surface area contributed by atoms with Gasteiger partial charge in [0.15, 0.2) is 5.78 Å². The van der Waals surface area contributed by atoms with Crippen molar-refractivity contribution in [1.82, 2.24) is 0 Å². The van der Waals surface area contributed by atoms with Gasteiger partial charge in [0.05, 0.1) is 25.4 Å². The summed E-state index contributed by atoms with van der Waals surface area (Å²) in [7, 11) is 1.54. The van der Waals surface area contributed by atoms with Gasteiger partial charge in [-0.1, -0.05) is 0 Å². The molecule has 5 atom stereocenters. The van der Waals surface area contributed by atoms with Crippen LogP contribution in [0.15, 0.2) is 12.1 Å². The predicted molar refractivity (Wildman–Crippen MR) is 88.1 cm³/mol. The van der Waals surface area contributed by atoms with E-state index >= 15 is 0 Å². The second-order valence-electron chi connectivity index (χ2n) is 7.03. The van der Waals surface area contributed by atoms with Crippen molar-refractivity contribution in [2.24, 2.45) is 0 Å².